The van der Waals surface area contributed by atoms with Crippen LogP contribution < -0.4 is 0 Å². The summed E-state index contributed by atoms with van der Waals surface area (Å²) in [5.74, 6) is 0. The number of unbranched alkanes of at least 4 members (excludes halogenated alkanes) is 1. The Morgan fingerprint density at radius 3 is 2.19 bits per heavy atom. The van der Waals surface area contributed by atoms with Crippen molar-refractivity contribution < 1.29 is 4.43 Å². The molecule has 0 aromatic rings. The van der Waals surface area contributed by atoms with Gasteiger partial charge in [-0.25, -0.2) is 0 Å². The van der Waals surface area contributed by atoms with E-state index in [1.807, 2.05) is 0 Å². The van der Waals surface area contributed by atoms with Crippen molar-refractivity contribution in [2.45, 2.75) is 58.2 Å². The van der Waals surface area contributed by atoms with Gasteiger partial charge < -0.3 is 4.43 Å². The first-order valence-electron chi connectivity index (χ1n) is 6.16. The summed E-state index contributed by atoms with van der Waals surface area (Å²) < 4.78 is 7.32. The van der Waals surface area contributed by atoms with Gasteiger partial charge in [0.2, 0.25) is 0 Å². The summed E-state index contributed by atoms with van der Waals surface area (Å²) in [5, 5.41) is 0.337. The predicted molar refractivity (Wildman–Crippen MR) is 85.0 cm³/mol. The van der Waals surface area contributed by atoms with Crippen LogP contribution in [0.4, 0.5) is 0 Å². The lowest BCUT2D eigenvalue weighted by molar-refractivity contribution is 0.283. The minimum atomic E-state index is -1.51. The molecule has 0 aliphatic carbocycles. The highest BCUT2D eigenvalue weighted by Crippen LogP contribution is 2.36. The van der Waals surface area contributed by atoms with Gasteiger partial charge in [0, 0.05) is 11.0 Å². The smallest absolute Gasteiger partial charge is 0.191 e. The molecule has 0 rings (SSSR count). The highest BCUT2D eigenvalue weighted by molar-refractivity contribution is 14.1. The summed E-state index contributed by atoms with van der Waals surface area (Å²) in [6.45, 7) is 12.4. The normalized spacial score (nSPS) is 13.6. The van der Waals surface area contributed by atoms with Crippen LogP contribution in [0, 0.1) is 0 Å². The molecule has 0 aliphatic rings. The van der Waals surface area contributed by atoms with E-state index in [-0.39, 0.29) is 0 Å². The number of alkyl halides is 1. The van der Waals surface area contributed by atoms with Crippen LogP contribution >= 0.6 is 22.6 Å². The zero-order chi connectivity index (χ0) is 12.7. The van der Waals surface area contributed by atoms with Crippen molar-refractivity contribution in [3.8, 4) is 0 Å². The third-order valence-electron chi connectivity index (χ3n) is 3.23. The Balaban J connectivity index is 3.66. The van der Waals surface area contributed by atoms with Crippen molar-refractivity contribution in [1.82, 2.24) is 0 Å². The number of rotatable bonds is 7. The Kier molecular flexibility index (Phi) is 8.19. The average molecular weight is 354 g/mol. The summed E-state index contributed by atoms with van der Waals surface area (Å²) in [6, 6.07) is 0. The minimum Gasteiger partial charge on any atom is -0.417 e. The largest absolute Gasteiger partial charge is 0.417 e. The van der Waals surface area contributed by atoms with Gasteiger partial charge in [0.25, 0.3) is 0 Å². The van der Waals surface area contributed by atoms with Crippen molar-refractivity contribution in [2.75, 3.05) is 11.0 Å². The van der Waals surface area contributed by atoms with Gasteiger partial charge in [0.15, 0.2) is 8.32 Å². The molecule has 0 N–H and O–H groups in total. The van der Waals surface area contributed by atoms with Gasteiger partial charge in [-0.3, -0.25) is 0 Å². The van der Waals surface area contributed by atoms with Crippen LogP contribution in [-0.4, -0.2) is 19.4 Å². The van der Waals surface area contributed by atoms with E-state index in [0.717, 1.165) is 19.4 Å². The number of halogens is 1. The molecule has 0 unspecified atom stereocenters. The Morgan fingerprint density at radius 1 is 1.12 bits per heavy atom. The number of allylic oxidation sites excluding steroid dienone is 2. The lowest BCUT2D eigenvalue weighted by atomic mass is 10.2. The van der Waals surface area contributed by atoms with Gasteiger partial charge in [0.1, 0.15) is 0 Å². The molecule has 1 nitrogen and oxygen atoms in total. The zero-order valence-electron chi connectivity index (χ0n) is 11.5. The van der Waals surface area contributed by atoms with E-state index in [4.69, 9.17) is 4.43 Å². The van der Waals surface area contributed by atoms with E-state index < -0.39 is 8.32 Å². The van der Waals surface area contributed by atoms with Crippen LogP contribution in [0.1, 0.15) is 40.0 Å². The highest BCUT2D eigenvalue weighted by atomic mass is 127. The van der Waals surface area contributed by atoms with Gasteiger partial charge in [-0.05, 0) is 37.4 Å². The molecule has 0 saturated heterocycles. The van der Waals surface area contributed by atoms with Crippen molar-refractivity contribution in [1.29, 1.82) is 0 Å². The molecule has 3 heteroatoms. The molecule has 16 heavy (non-hydrogen) atoms. The second kappa shape index (κ2) is 7.87. The molecule has 0 aromatic heterocycles. The summed E-state index contributed by atoms with van der Waals surface area (Å²) >= 11 is 2.40. The summed E-state index contributed by atoms with van der Waals surface area (Å²) in [7, 11) is -1.51. The number of hydrogen-bond acceptors (Lipinski definition) is 1. The lowest BCUT2D eigenvalue weighted by Crippen LogP contribution is -2.40. The molecule has 96 valence electrons. The molecule has 0 spiro atoms. The molecule has 0 saturated carbocycles. The minimum absolute atomic E-state index is 0.337. The fourth-order valence-corrected chi connectivity index (χ4v) is 2.49. The molecule has 0 bridgehead atoms. The van der Waals surface area contributed by atoms with Crippen LogP contribution in [0.2, 0.25) is 18.1 Å². The third-order valence-corrected chi connectivity index (χ3v) is 8.39. The molecule has 0 aliphatic heterocycles. The van der Waals surface area contributed by atoms with Gasteiger partial charge in [-0.1, -0.05) is 55.5 Å². The molecular formula is C13H27IOSi. The number of hydrogen-bond donors (Lipinski definition) is 0. The molecule has 0 heterocycles. The van der Waals surface area contributed by atoms with Gasteiger partial charge in [0.05, 0.1) is 0 Å². The highest BCUT2D eigenvalue weighted by Gasteiger charge is 2.36. The van der Waals surface area contributed by atoms with E-state index in [1.54, 1.807) is 0 Å². The molecule has 0 atom stereocenters. The van der Waals surface area contributed by atoms with Crippen molar-refractivity contribution in [3.63, 3.8) is 0 Å². The Labute approximate surface area is 116 Å². The van der Waals surface area contributed by atoms with Gasteiger partial charge >= 0.3 is 0 Å². The Hall–Kier alpha value is 0.647. The fourth-order valence-electron chi connectivity index (χ4n) is 1.04. The Bertz CT molecular complexity index is 206. The molecule has 0 aromatic carbocycles. The van der Waals surface area contributed by atoms with E-state index in [0.29, 0.717) is 5.04 Å². The lowest BCUT2D eigenvalue weighted by Gasteiger charge is -2.36. The summed E-state index contributed by atoms with van der Waals surface area (Å²) in [5.41, 5.74) is 0. The van der Waals surface area contributed by atoms with Crippen LogP contribution in [0.15, 0.2) is 12.2 Å². The maximum absolute atomic E-state index is 6.10. The third kappa shape index (κ3) is 7.07. The average Bonchev–Trinajstić information content (AvgIpc) is 2.14. The fraction of sp³-hybridized carbons (Fsp3) is 0.846. The van der Waals surface area contributed by atoms with Gasteiger partial charge in [-0.2, -0.15) is 0 Å². The van der Waals surface area contributed by atoms with Crippen LogP contribution in [0.5, 0.6) is 0 Å². The first-order chi connectivity index (χ1) is 7.31. The molecular weight excluding hydrogens is 327 g/mol. The van der Waals surface area contributed by atoms with Crippen LogP contribution in [0.25, 0.3) is 0 Å². The van der Waals surface area contributed by atoms with Crippen molar-refractivity contribution in [2.24, 2.45) is 0 Å². The zero-order valence-corrected chi connectivity index (χ0v) is 14.6. The second-order valence-corrected chi connectivity index (χ2v) is 11.6. The van der Waals surface area contributed by atoms with E-state index in [1.165, 1.54) is 10.8 Å². The maximum atomic E-state index is 6.10. The summed E-state index contributed by atoms with van der Waals surface area (Å²) in [4.78, 5) is 0. The van der Waals surface area contributed by atoms with E-state index >= 15 is 0 Å². The topological polar surface area (TPSA) is 9.23 Å². The van der Waals surface area contributed by atoms with Crippen molar-refractivity contribution >= 4 is 30.9 Å². The maximum Gasteiger partial charge on any atom is 0.191 e. The van der Waals surface area contributed by atoms with Crippen LogP contribution in [0.3, 0.4) is 0 Å². The quantitative estimate of drug-likeness (QED) is 0.201. The first-order valence-corrected chi connectivity index (χ1v) is 10.6. The summed E-state index contributed by atoms with van der Waals surface area (Å²) in [6.07, 6.45) is 8.08. The van der Waals surface area contributed by atoms with Crippen molar-refractivity contribution in [3.05, 3.63) is 12.2 Å². The monoisotopic (exact) mass is 354 g/mol. The molecule has 0 radical (unpaired) electrons. The standard InChI is InChI=1S/C13H27IOSi/c1-13(2,3)16(4,5)15-12-10-8-6-7-9-11-14/h6-7H,8-12H2,1-5H3/b7-6-. The van der Waals surface area contributed by atoms with E-state index in [2.05, 4.69) is 68.6 Å². The van der Waals surface area contributed by atoms with E-state index in [9.17, 15) is 0 Å². The molecule has 0 fully saturated rings. The van der Waals surface area contributed by atoms with Gasteiger partial charge in [-0.15, -0.1) is 0 Å². The van der Waals surface area contributed by atoms with Crippen LogP contribution in [-0.2, 0) is 4.43 Å². The Morgan fingerprint density at radius 2 is 1.69 bits per heavy atom. The predicted octanol–water partition coefficient (Wildman–Crippen LogP) is 5.17. The first kappa shape index (κ1) is 16.6. The molecule has 0 amide bonds. The second-order valence-electron chi connectivity index (χ2n) is 5.70. The SMILES string of the molecule is CC(C)(C)[Si](C)(C)OCCC/C=C\CCI.